The summed E-state index contributed by atoms with van der Waals surface area (Å²) in [6.45, 7) is 9.42. The molecule has 2 rings (SSSR count). The third-order valence-electron chi connectivity index (χ3n) is 4.11. The number of anilines is 1. The van der Waals surface area contributed by atoms with Gasteiger partial charge in [-0.25, -0.2) is 5.01 Å². The molecule has 0 spiro atoms. The van der Waals surface area contributed by atoms with Gasteiger partial charge in [-0.15, -0.1) is 0 Å². The van der Waals surface area contributed by atoms with E-state index in [9.17, 15) is 14.4 Å². The molecule has 0 fully saturated rings. The number of nitrogens with one attached hydrogen (secondary N) is 1. The Morgan fingerprint density at radius 3 is 2.52 bits per heavy atom. The zero-order valence-corrected chi connectivity index (χ0v) is 16.9. The molecule has 0 saturated carbocycles. The first-order valence-corrected chi connectivity index (χ1v) is 9.02. The minimum atomic E-state index is -0.366. The van der Waals surface area contributed by atoms with Crippen molar-refractivity contribution in [2.45, 2.75) is 53.0 Å². The standard InChI is InChI=1S/C20H28N4O3/c1-13-7-8-14(2)16(11-13)24-18(26)10-9-15(22-24)19(27)23(6)12-17(25)21-20(3,4)5/h7-8,11H,9-10,12H2,1-6H3,(H,21,25). The molecular formula is C20H28N4O3. The molecule has 7 heteroatoms. The van der Waals surface area contributed by atoms with Crippen LogP contribution in [0.25, 0.3) is 0 Å². The van der Waals surface area contributed by atoms with Crippen LogP contribution in [0.2, 0.25) is 0 Å². The van der Waals surface area contributed by atoms with Gasteiger partial charge in [0.25, 0.3) is 5.91 Å². The van der Waals surface area contributed by atoms with Crippen molar-refractivity contribution in [2.75, 3.05) is 18.6 Å². The number of carbonyl (C=O) groups is 3. The van der Waals surface area contributed by atoms with Gasteiger partial charge in [-0.3, -0.25) is 14.4 Å². The van der Waals surface area contributed by atoms with Gasteiger partial charge in [0, 0.05) is 25.4 Å². The molecule has 1 aromatic rings. The lowest BCUT2D eigenvalue weighted by Gasteiger charge is -2.27. The Labute approximate surface area is 160 Å². The molecule has 1 N–H and O–H groups in total. The maximum atomic E-state index is 12.7. The van der Waals surface area contributed by atoms with Gasteiger partial charge in [-0.05, 0) is 51.8 Å². The molecule has 0 unspecified atom stereocenters. The Bertz CT molecular complexity index is 793. The quantitative estimate of drug-likeness (QED) is 0.879. The Kier molecular flexibility index (Phi) is 6.03. The Hall–Kier alpha value is -2.70. The van der Waals surface area contributed by atoms with Gasteiger partial charge in [0.15, 0.2) is 0 Å². The van der Waals surface area contributed by atoms with Crippen molar-refractivity contribution < 1.29 is 14.4 Å². The van der Waals surface area contributed by atoms with Crippen molar-refractivity contribution >= 4 is 29.1 Å². The smallest absolute Gasteiger partial charge is 0.270 e. The summed E-state index contributed by atoms with van der Waals surface area (Å²) in [5, 5.41) is 8.45. The van der Waals surface area contributed by atoms with Crippen molar-refractivity contribution in [3.8, 4) is 0 Å². The predicted molar refractivity (Wildman–Crippen MR) is 106 cm³/mol. The Morgan fingerprint density at radius 1 is 1.22 bits per heavy atom. The van der Waals surface area contributed by atoms with E-state index in [0.717, 1.165) is 11.1 Å². The topological polar surface area (TPSA) is 82.1 Å². The van der Waals surface area contributed by atoms with Crippen molar-refractivity contribution in [3.05, 3.63) is 29.3 Å². The van der Waals surface area contributed by atoms with Gasteiger partial charge in [0.1, 0.15) is 5.71 Å². The van der Waals surface area contributed by atoms with Gasteiger partial charge in [-0.2, -0.15) is 5.10 Å². The molecule has 1 aliphatic rings. The highest BCUT2D eigenvalue weighted by molar-refractivity contribution is 6.40. The largest absolute Gasteiger partial charge is 0.350 e. The maximum absolute atomic E-state index is 12.7. The predicted octanol–water partition coefficient (Wildman–Crippen LogP) is 2.16. The fourth-order valence-electron chi connectivity index (χ4n) is 2.81. The molecule has 0 bridgehead atoms. The van der Waals surface area contributed by atoms with E-state index >= 15 is 0 Å². The van der Waals surface area contributed by atoms with Crippen LogP contribution in [-0.4, -0.2) is 47.5 Å². The SMILES string of the molecule is Cc1ccc(C)c(N2N=C(C(=O)N(C)CC(=O)NC(C)(C)C)CCC2=O)c1. The summed E-state index contributed by atoms with van der Waals surface area (Å²) >= 11 is 0. The molecule has 0 aromatic heterocycles. The lowest BCUT2D eigenvalue weighted by molar-refractivity contribution is -0.131. The first kappa shape index (κ1) is 20.6. The molecule has 1 aliphatic heterocycles. The summed E-state index contributed by atoms with van der Waals surface area (Å²) in [4.78, 5) is 38.5. The van der Waals surface area contributed by atoms with Crippen LogP contribution in [0, 0.1) is 13.8 Å². The van der Waals surface area contributed by atoms with Crippen LogP contribution in [0.4, 0.5) is 5.69 Å². The minimum Gasteiger partial charge on any atom is -0.350 e. The normalized spacial score (nSPS) is 14.7. The average Bonchev–Trinajstić information content (AvgIpc) is 2.55. The fraction of sp³-hybridized carbons (Fsp3) is 0.500. The van der Waals surface area contributed by atoms with Crippen LogP contribution < -0.4 is 10.3 Å². The van der Waals surface area contributed by atoms with Crippen LogP contribution in [0.3, 0.4) is 0 Å². The highest BCUT2D eigenvalue weighted by Crippen LogP contribution is 2.25. The molecular weight excluding hydrogens is 344 g/mol. The van der Waals surface area contributed by atoms with Crippen molar-refractivity contribution in [3.63, 3.8) is 0 Å². The monoisotopic (exact) mass is 372 g/mol. The van der Waals surface area contributed by atoms with Gasteiger partial charge < -0.3 is 10.2 Å². The highest BCUT2D eigenvalue weighted by Gasteiger charge is 2.29. The van der Waals surface area contributed by atoms with Crippen molar-refractivity contribution in [1.82, 2.24) is 10.2 Å². The number of aryl methyl sites for hydroxylation is 2. The maximum Gasteiger partial charge on any atom is 0.270 e. The second-order valence-corrected chi connectivity index (χ2v) is 8.00. The van der Waals surface area contributed by atoms with Crippen LogP contribution in [-0.2, 0) is 14.4 Å². The van der Waals surface area contributed by atoms with E-state index in [2.05, 4.69) is 10.4 Å². The van der Waals surface area contributed by atoms with Crippen LogP contribution in [0.1, 0.15) is 44.7 Å². The number of amides is 3. The first-order valence-electron chi connectivity index (χ1n) is 9.02. The third kappa shape index (κ3) is 5.39. The van der Waals surface area contributed by atoms with Gasteiger partial charge in [-0.1, -0.05) is 12.1 Å². The highest BCUT2D eigenvalue weighted by atomic mass is 16.2. The summed E-state index contributed by atoms with van der Waals surface area (Å²) in [7, 11) is 1.56. The number of benzene rings is 1. The summed E-state index contributed by atoms with van der Waals surface area (Å²) in [6.07, 6.45) is 0.476. The van der Waals surface area contributed by atoms with E-state index in [4.69, 9.17) is 0 Å². The van der Waals surface area contributed by atoms with Crippen LogP contribution in [0.5, 0.6) is 0 Å². The zero-order chi connectivity index (χ0) is 20.4. The summed E-state index contributed by atoms with van der Waals surface area (Å²) in [5.41, 5.74) is 2.51. The Morgan fingerprint density at radius 2 is 1.89 bits per heavy atom. The second-order valence-electron chi connectivity index (χ2n) is 8.00. The molecule has 1 heterocycles. The number of rotatable bonds is 4. The lowest BCUT2D eigenvalue weighted by atomic mass is 10.1. The number of hydrazone groups is 1. The van der Waals surface area contributed by atoms with E-state index < -0.39 is 0 Å². The molecule has 0 radical (unpaired) electrons. The lowest BCUT2D eigenvalue weighted by Crippen LogP contribution is -2.48. The van der Waals surface area contributed by atoms with Crippen molar-refractivity contribution in [1.29, 1.82) is 0 Å². The molecule has 0 aliphatic carbocycles. The number of hydrogen-bond acceptors (Lipinski definition) is 4. The van der Waals surface area contributed by atoms with E-state index in [1.807, 2.05) is 52.8 Å². The second kappa shape index (κ2) is 7.90. The molecule has 1 aromatic carbocycles. The Balaban J connectivity index is 2.19. The third-order valence-corrected chi connectivity index (χ3v) is 4.11. The van der Waals surface area contributed by atoms with Gasteiger partial charge in [0.05, 0.1) is 12.2 Å². The number of hydrogen-bond donors (Lipinski definition) is 1. The molecule has 27 heavy (non-hydrogen) atoms. The fourth-order valence-corrected chi connectivity index (χ4v) is 2.81. The number of likely N-dealkylation sites (N-methyl/N-ethyl adjacent to an activating group) is 1. The van der Waals surface area contributed by atoms with Crippen molar-refractivity contribution in [2.24, 2.45) is 5.10 Å². The summed E-state index contributed by atoms with van der Waals surface area (Å²) in [5.74, 6) is -0.729. The van der Waals surface area contributed by atoms with E-state index in [0.29, 0.717) is 5.69 Å². The van der Waals surface area contributed by atoms with Gasteiger partial charge in [0.2, 0.25) is 11.8 Å². The number of nitrogens with zero attached hydrogens (tertiary/aromatic N) is 3. The average molecular weight is 372 g/mol. The van der Waals surface area contributed by atoms with E-state index in [1.54, 1.807) is 7.05 Å². The molecule has 3 amide bonds. The minimum absolute atomic E-state index is 0.0630. The molecule has 146 valence electrons. The first-order chi connectivity index (χ1) is 12.5. The van der Waals surface area contributed by atoms with E-state index in [1.165, 1.54) is 9.91 Å². The number of carbonyl (C=O) groups excluding carboxylic acids is 3. The molecule has 0 atom stereocenters. The van der Waals surface area contributed by atoms with Gasteiger partial charge >= 0.3 is 0 Å². The molecule has 0 saturated heterocycles. The summed E-state index contributed by atoms with van der Waals surface area (Å²) in [6, 6.07) is 5.77. The zero-order valence-electron chi connectivity index (χ0n) is 16.9. The summed E-state index contributed by atoms with van der Waals surface area (Å²) < 4.78 is 0. The van der Waals surface area contributed by atoms with Crippen LogP contribution in [0.15, 0.2) is 23.3 Å². The van der Waals surface area contributed by atoms with Crippen LogP contribution >= 0.6 is 0 Å². The van der Waals surface area contributed by atoms with E-state index in [-0.39, 0.29) is 48.4 Å². The molecule has 7 nitrogen and oxygen atoms in total.